The van der Waals surface area contributed by atoms with Crippen molar-refractivity contribution in [3.63, 3.8) is 0 Å². The molecule has 0 spiro atoms. The summed E-state index contributed by atoms with van der Waals surface area (Å²) >= 11 is 0. The van der Waals surface area contributed by atoms with Gasteiger partial charge in [-0.25, -0.2) is 0 Å². The second kappa shape index (κ2) is 6.36. The summed E-state index contributed by atoms with van der Waals surface area (Å²) in [5, 5.41) is 0. The molecule has 0 aromatic rings. The van der Waals surface area contributed by atoms with E-state index in [2.05, 4.69) is 30.6 Å². The zero-order chi connectivity index (χ0) is 13.1. The Morgan fingerprint density at radius 1 is 1.11 bits per heavy atom. The van der Waals surface area contributed by atoms with E-state index >= 15 is 0 Å². The van der Waals surface area contributed by atoms with Crippen molar-refractivity contribution in [2.45, 2.75) is 77.0 Å². The van der Waals surface area contributed by atoms with Crippen molar-refractivity contribution < 1.29 is 0 Å². The van der Waals surface area contributed by atoms with E-state index in [0.29, 0.717) is 12.1 Å². The van der Waals surface area contributed by atoms with Crippen molar-refractivity contribution in [2.24, 2.45) is 5.73 Å². The van der Waals surface area contributed by atoms with E-state index in [9.17, 15) is 0 Å². The number of rotatable bonds is 3. The quantitative estimate of drug-likeness (QED) is 0.835. The predicted octanol–water partition coefficient (Wildman–Crippen LogP) is 2.06. The molecule has 2 saturated heterocycles. The van der Waals surface area contributed by atoms with Gasteiger partial charge >= 0.3 is 0 Å². The van der Waals surface area contributed by atoms with Crippen molar-refractivity contribution in [3.05, 3.63) is 0 Å². The van der Waals surface area contributed by atoms with Crippen molar-refractivity contribution in [3.8, 4) is 0 Å². The summed E-state index contributed by atoms with van der Waals surface area (Å²) < 4.78 is 0. The first-order valence-corrected chi connectivity index (χ1v) is 7.85. The second-order valence-electron chi connectivity index (χ2n) is 6.48. The summed E-state index contributed by atoms with van der Waals surface area (Å²) in [5.41, 5.74) is 5.99. The molecule has 0 aromatic carbocycles. The van der Waals surface area contributed by atoms with Crippen LogP contribution in [0.15, 0.2) is 0 Å². The lowest BCUT2D eigenvalue weighted by molar-refractivity contribution is 0.0125. The molecule has 0 radical (unpaired) electrons. The number of nitrogens with zero attached hydrogens (tertiary/aromatic N) is 2. The predicted molar refractivity (Wildman–Crippen MR) is 77.7 cm³/mol. The standard InChI is InChI=1S/C15H31N3/c1-12(2)17-9-7-14(8-10-17)18-13(3)5-4-6-15(18)11-16/h12-15H,4-11,16H2,1-3H3. The molecular weight excluding hydrogens is 222 g/mol. The Kier molecular flexibility index (Phi) is 5.05. The number of nitrogens with two attached hydrogens (primary N) is 1. The molecule has 0 bridgehead atoms. The minimum atomic E-state index is 0.643. The topological polar surface area (TPSA) is 32.5 Å². The molecule has 2 heterocycles. The molecule has 2 N–H and O–H groups in total. The van der Waals surface area contributed by atoms with Gasteiger partial charge in [-0.2, -0.15) is 0 Å². The molecule has 18 heavy (non-hydrogen) atoms. The molecule has 106 valence electrons. The molecule has 2 fully saturated rings. The van der Waals surface area contributed by atoms with Crippen molar-refractivity contribution in [1.82, 2.24) is 9.80 Å². The van der Waals surface area contributed by atoms with Crippen LogP contribution in [0, 0.1) is 0 Å². The second-order valence-corrected chi connectivity index (χ2v) is 6.48. The Hall–Kier alpha value is -0.120. The van der Waals surface area contributed by atoms with Crippen LogP contribution in [0.25, 0.3) is 0 Å². The minimum Gasteiger partial charge on any atom is -0.329 e. The number of piperidine rings is 2. The Morgan fingerprint density at radius 2 is 1.78 bits per heavy atom. The van der Waals surface area contributed by atoms with Gasteiger partial charge in [0.2, 0.25) is 0 Å². The highest BCUT2D eigenvalue weighted by atomic mass is 15.3. The van der Waals surface area contributed by atoms with Crippen molar-refractivity contribution in [2.75, 3.05) is 19.6 Å². The first kappa shape index (κ1) is 14.3. The van der Waals surface area contributed by atoms with Crippen LogP contribution in [0.4, 0.5) is 0 Å². The maximum absolute atomic E-state index is 5.99. The third-order valence-electron chi connectivity index (χ3n) is 5.01. The number of likely N-dealkylation sites (tertiary alicyclic amines) is 2. The summed E-state index contributed by atoms with van der Waals surface area (Å²) in [6.45, 7) is 10.4. The minimum absolute atomic E-state index is 0.643. The Morgan fingerprint density at radius 3 is 2.33 bits per heavy atom. The molecule has 3 nitrogen and oxygen atoms in total. The summed E-state index contributed by atoms with van der Waals surface area (Å²) in [7, 11) is 0. The number of hydrogen-bond donors (Lipinski definition) is 1. The van der Waals surface area contributed by atoms with Gasteiger partial charge in [0.15, 0.2) is 0 Å². The van der Waals surface area contributed by atoms with Crippen LogP contribution < -0.4 is 5.73 Å². The SMILES string of the molecule is CC(C)N1CCC(N2C(C)CCCC2CN)CC1. The summed E-state index contributed by atoms with van der Waals surface area (Å²) in [4.78, 5) is 5.38. The van der Waals surface area contributed by atoms with E-state index in [4.69, 9.17) is 5.73 Å². The van der Waals surface area contributed by atoms with E-state index in [1.807, 2.05) is 0 Å². The molecule has 2 aliphatic heterocycles. The maximum atomic E-state index is 5.99. The first-order chi connectivity index (χ1) is 8.63. The fourth-order valence-corrected chi connectivity index (χ4v) is 3.90. The van der Waals surface area contributed by atoms with E-state index in [1.165, 1.54) is 45.2 Å². The molecule has 0 saturated carbocycles. The zero-order valence-electron chi connectivity index (χ0n) is 12.4. The van der Waals surface area contributed by atoms with Gasteiger partial charge in [0.1, 0.15) is 0 Å². The van der Waals surface area contributed by atoms with Crippen molar-refractivity contribution in [1.29, 1.82) is 0 Å². The molecule has 2 rings (SSSR count). The monoisotopic (exact) mass is 253 g/mol. The van der Waals surface area contributed by atoms with Gasteiger partial charge in [0.05, 0.1) is 0 Å². The third-order valence-corrected chi connectivity index (χ3v) is 5.01. The molecule has 0 aliphatic carbocycles. The maximum Gasteiger partial charge on any atom is 0.0224 e. The van der Waals surface area contributed by atoms with Gasteiger partial charge in [-0.1, -0.05) is 6.42 Å². The molecule has 0 aromatic heterocycles. The average Bonchev–Trinajstić information content (AvgIpc) is 2.38. The molecule has 3 heteroatoms. The smallest absolute Gasteiger partial charge is 0.0224 e. The Labute approximate surface area is 113 Å². The lowest BCUT2D eigenvalue weighted by Gasteiger charge is -2.48. The van der Waals surface area contributed by atoms with Crippen molar-refractivity contribution >= 4 is 0 Å². The number of hydrogen-bond acceptors (Lipinski definition) is 3. The molecule has 0 amide bonds. The van der Waals surface area contributed by atoms with Gasteiger partial charge in [0, 0.05) is 30.7 Å². The Balaban J connectivity index is 1.94. The van der Waals surface area contributed by atoms with Gasteiger partial charge in [-0.05, 0) is 59.5 Å². The Bertz CT molecular complexity index is 246. The highest BCUT2D eigenvalue weighted by molar-refractivity contribution is 4.90. The van der Waals surface area contributed by atoms with Gasteiger partial charge < -0.3 is 10.6 Å². The molecule has 2 unspecified atom stereocenters. The van der Waals surface area contributed by atoms with Crippen LogP contribution in [0.1, 0.15) is 52.9 Å². The highest BCUT2D eigenvalue weighted by Gasteiger charge is 2.34. The van der Waals surface area contributed by atoms with Gasteiger partial charge in [-0.15, -0.1) is 0 Å². The largest absolute Gasteiger partial charge is 0.329 e. The van der Waals surface area contributed by atoms with Crippen LogP contribution in [0.2, 0.25) is 0 Å². The van der Waals surface area contributed by atoms with Crippen LogP contribution in [-0.4, -0.2) is 53.6 Å². The normalized spacial score (nSPS) is 33.2. The summed E-state index contributed by atoms with van der Waals surface area (Å²) in [6.07, 6.45) is 6.70. The first-order valence-electron chi connectivity index (χ1n) is 7.85. The van der Waals surface area contributed by atoms with Gasteiger partial charge in [0.25, 0.3) is 0 Å². The van der Waals surface area contributed by atoms with E-state index in [1.54, 1.807) is 0 Å². The van der Waals surface area contributed by atoms with Crippen LogP contribution in [0.5, 0.6) is 0 Å². The highest BCUT2D eigenvalue weighted by Crippen LogP contribution is 2.29. The van der Waals surface area contributed by atoms with Crippen LogP contribution >= 0.6 is 0 Å². The molecular formula is C15H31N3. The van der Waals surface area contributed by atoms with E-state index in [-0.39, 0.29) is 0 Å². The summed E-state index contributed by atoms with van der Waals surface area (Å²) in [6, 6.07) is 2.87. The van der Waals surface area contributed by atoms with E-state index in [0.717, 1.165) is 18.6 Å². The molecule has 2 aliphatic rings. The van der Waals surface area contributed by atoms with E-state index < -0.39 is 0 Å². The third kappa shape index (κ3) is 3.06. The lowest BCUT2D eigenvalue weighted by atomic mass is 9.90. The van der Waals surface area contributed by atoms with Crippen LogP contribution in [-0.2, 0) is 0 Å². The van der Waals surface area contributed by atoms with Crippen LogP contribution in [0.3, 0.4) is 0 Å². The fraction of sp³-hybridized carbons (Fsp3) is 1.00. The fourth-order valence-electron chi connectivity index (χ4n) is 3.90. The molecule has 2 atom stereocenters. The zero-order valence-corrected chi connectivity index (χ0v) is 12.4. The lowest BCUT2D eigenvalue weighted by Crippen LogP contribution is -2.56. The average molecular weight is 253 g/mol. The summed E-state index contributed by atoms with van der Waals surface area (Å²) in [5.74, 6) is 0. The van der Waals surface area contributed by atoms with Gasteiger partial charge in [-0.3, -0.25) is 4.90 Å².